The Bertz CT molecular complexity index is 1550. The minimum atomic E-state index is 0.131. The van der Waals surface area contributed by atoms with Gasteiger partial charge in [0.1, 0.15) is 0 Å². The van der Waals surface area contributed by atoms with Gasteiger partial charge in [-0.2, -0.15) is 0 Å². The van der Waals surface area contributed by atoms with E-state index in [0.29, 0.717) is 40.2 Å². The smallest absolute Gasteiger partial charge is 0.173 e. The maximum Gasteiger partial charge on any atom is 0.173 e. The van der Waals surface area contributed by atoms with Crippen LogP contribution in [-0.4, -0.2) is 22.2 Å². The first-order valence-corrected chi connectivity index (χ1v) is 21.1. The third-order valence-corrected chi connectivity index (χ3v) is 11.9. The largest absolute Gasteiger partial charge is 0.293 e. The third kappa shape index (κ3) is 12.2. The van der Waals surface area contributed by atoms with Crippen molar-refractivity contribution in [1.82, 2.24) is 0 Å². The Morgan fingerprint density at radius 2 is 0.980 bits per heavy atom. The summed E-state index contributed by atoms with van der Waals surface area (Å²) in [6.07, 6.45) is 11.8. The number of Topliss-reactive ketones (excluding diaryl/α,β-unsaturated/α-hetero) is 2. The summed E-state index contributed by atoms with van der Waals surface area (Å²) in [7, 11) is 0. The first-order chi connectivity index (χ1) is 24.4. The second kappa shape index (κ2) is 21.5. The number of rotatable bonds is 22. The molecule has 0 aliphatic rings. The lowest BCUT2D eigenvalue weighted by molar-refractivity contribution is 0.101. The van der Waals surface area contributed by atoms with Crippen LogP contribution in [0, 0.1) is 5.92 Å². The molecule has 0 amide bonds. The number of carbonyl (C=O) groups is 2. The first-order valence-electron chi connectivity index (χ1n) is 18.8. The fourth-order valence-corrected chi connectivity index (χ4v) is 8.32. The molecular weight excluding hydrogens is 744 g/mol. The maximum absolute atomic E-state index is 12.3. The van der Waals surface area contributed by atoms with Crippen LogP contribution in [0.2, 0.25) is 0 Å². The molecule has 5 atom stereocenters. The van der Waals surface area contributed by atoms with E-state index in [-0.39, 0.29) is 11.6 Å². The summed E-state index contributed by atoms with van der Waals surface area (Å²) in [5.74, 6) is 2.85. The molecule has 4 heteroatoms. The second-order valence-electron chi connectivity index (χ2n) is 14.2. The van der Waals surface area contributed by atoms with E-state index in [9.17, 15) is 9.59 Å². The number of carbonyl (C=O) groups excluding carboxylic acids is 2. The van der Waals surface area contributed by atoms with Gasteiger partial charge < -0.3 is 0 Å². The van der Waals surface area contributed by atoms with E-state index in [1.165, 1.54) is 67.2 Å². The van der Waals surface area contributed by atoms with Crippen LogP contribution in [0.25, 0.3) is 0 Å². The molecule has 0 aliphatic carbocycles. The summed E-state index contributed by atoms with van der Waals surface area (Å²) in [6.45, 7) is 7.02. The average Bonchev–Trinajstić information content (AvgIpc) is 3.18. The van der Waals surface area contributed by atoms with Crippen LogP contribution in [0.1, 0.15) is 152 Å². The van der Waals surface area contributed by atoms with Crippen LogP contribution in [0.3, 0.4) is 0 Å². The Morgan fingerprint density at radius 3 is 1.48 bits per heavy atom. The quantitative estimate of drug-likeness (QED) is 0.0451. The number of hydrogen-bond acceptors (Lipinski definition) is 2. The van der Waals surface area contributed by atoms with Crippen molar-refractivity contribution in [3.63, 3.8) is 0 Å². The molecule has 0 aliphatic heterocycles. The highest BCUT2D eigenvalue weighted by molar-refractivity contribution is 9.09. The van der Waals surface area contributed by atoms with Gasteiger partial charge in [0.05, 0.1) is 10.7 Å². The van der Waals surface area contributed by atoms with Crippen molar-refractivity contribution in [3.8, 4) is 0 Å². The Morgan fingerprint density at radius 1 is 0.500 bits per heavy atom. The van der Waals surface area contributed by atoms with Crippen molar-refractivity contribution in [3.05, 3.63) is 143 Å². The molecule has 0 bridgehead atoms. The Kier molecular flexibility index (Phi) is 17.2. The average molecular weight is 801 g/mol. The fourth-order valence-electron chi connectivity index (χ4n) is 7.67. The van der Waals surface area contributed by atoms with Gasteiger partial charge in [0.25, 0.3) is 0 Å². The van der Waals surface area contributed by atoms with Crippen LogP contribution in [-0.2, 0) is 0 Å². The zero-order valence-electron chi connectivity index (χ0n) is 30.3. The van der Waals surface area contributed by atoms with Crippen LogP contribution in [0.5, 0.6) is 0 Å². The van der Waals surface area contributed by atoms with Crippen molar-refractivity contribution in [2.75, 3.05) is 10.7 Å². The molecular formula is C46H56Br2O2. The van der Waals surface area contributed by atoms with Crippen LogP contribution in [0.15, 0.2) is 109 Å². The summed E-state index contributed by atoms with van der Waals surface area (Å²) >= 11 is 6.65. The SMILES string of the molecule is CCC(CCCCCC(CC(CC)c1ccccc1)c1ccc(C(=O)CBr)cc1)CC(CC(C)c1ccccc1)c1ccc(C(=O)CBr)cc1. The van der Waals surface area contributed by atoms with E-state index in [0.717, 1.165) is 30.4 Å². The number of ketones is 2. The summed E-state index contributed by atoms with van der Waals surface area (Å²) < 4.78 is 0. The minimum absolute atomic E-state index is 0.131. The van der Waals surface area contributed by atoms with Crippen molar-refractivity contribution in [2.45, 2.75) is 109 Å². The molecule has 5 unspecified atom stereocenters. The predicted molar refractivity (Wildman–Crippen MR) is 220 cm³/mol. The molecule has 0 aromatic heterocycles. The molecule has 4 aromatic rings. The number of halogens is 2. The van der Waals surface area contributed by atoms with Gasteiger partial charge >= 0.3 is 0 Å². The van der Waals surface area contributed by atoms with Gasteiger partial charge in [0.15, 0.2) is 11.6 Å². The molecule has 0 fully saturated rings. The number of alkyl halides is 2. The number of benzene rings is 4. The van der Waals surface area contributed by atoms with E-state index >= 15 is 0 Å². The van der Waals surface area contributed by atoms with E-state index in [1.54, 1.807) is 0 Å². The lowest BCUT2D eigenvalue weighted by Crippen LogP contribution is -2.11. The fraction of sp³-hybridized carbons (Fsp3) is 0.435. The van der Waals surface area contributed by atoms with Gasteiger partial charge in [-0.1, -0.05) is 194 Å². The maximum atomic E-state index is 12.3. The Labute approximate surface area is 319 Å². The highest BCUT2D eigenvalue weighted by Gasteiger charge is 2.22. The van der Waals surface area contributed by atoms with Crippen LogP contribution < -0.4 is 0 Å². The molecule has 0 radical (unpaired) electrons. The number of hydrogen-bond donors (Lipinski definition) is 0. The van der Waals surface area contributed by atoms with E-state index in [1.807, 2.05) is 24.3 Å². The van der Waals surface area contributed by atoms with Crippen molar-refractivity contribution < 1.29 is 9.59 Å². The summed E-state index contributed by atoms with van der Waals surface area (Å²) in [5, 5.41) is 0.717. The van der Waals surface area contributed by atoms with Gasteiger partial charge in [-0.05, 0) is 83.9 Å². The first kappa shape index (κ1) is 40.0. The topological polar surface area (TPSA) is 34.1 Å². The van der Waals surface area contributed by atoms with Gasteiger partial charge in [-0.15, -0.1) is 0 Å². The summed E-state index contributed by atoms with van der Waals surface area (Å²) in [5.41, 5.74) is 7.10. The minimum Gasteiger partial charge on any atom is -0.293 e. The molecule has 50 heavy (non-hydrogen) atoms. The van der Waals surface area contributed by atoms with Crippen molar-refractivity contribution >= 4 is 43.4 Å². The van der Waals surface area contributed by atoms with Crippen LogP contribution in [0.4, 0.5) is 0 Å². The van der Waals surface area contributed by atoms with Gasteiger partial charge in [0, 0.05) is 11.1 Å². The normalized spacial score (nSPS) is 14.4. The van der Waals surface area contributed by atoms with E-state index in [4.69, 9.17) is 0 Å². The van der Waals surface area contributed by atoms with E-state index < -0.39 is 0 Å². The highest BCUT2D eigenvalue weighted by atomic mass is 79.9. The molecule has 0 N–H and O–H groups in total. The lowest BCUT2D eigenvalue weighted by Gasteiger charge is -2.27. The molecule has 0 saturated carbocycles. The third-order valence-electron chi connectivity index (χ3n) is 10.9. The highest BCUT2D eigenvalue weighted by Crippen LogP contribution is 2.38. The number of unbranched alkanes of at least 4 members (excludes halogenated alkanes) is 2. The standard InChI is InChI=1S/C46H56Br2O2/c1-4-35(30-44(29-34(3)37-16-10-7-11-17-37)40-23-27-42(28-24-40)46(50)33-48)15-9-6-14-20-43(31-36(5-2)38-18-12-8-13-19-38)39-21-25-41(26-22-39)45(49)32-47/h7-8,10-13,16-19,21-28,34-36,43-44H,4-6,9,14-15,20,29-33H2,1-3H3. The van der Waals surface area contributed by atoms with Gasteiger partial charge in [-0.3, -0.25) is 9.59 Å². The van der Waals surface area contributed by atoms with Crippen molar-refractivity contribution in [1.29, 1.82) is 0 Å². The van der Waals surface area contributed by atoms with Gasteiger partial charge in [0.2, 0.25) is 0 Å². The molecule has 0 heterocycles. The molecule has 0 saturated heterocycles. The zero-order valence-corrected chi connectivity index (χ0v) is 33.5. The lowest BCUT2D eigenvalue weighted by atomic mass is 9.78. The predicted octanol–water partition coefficient (Wildman–Crippen LogP) is 13.9. The summed E-state index contributed by atoms with van der Waals surface area (Å²) in [6, 6.07) is 38.7. The summed E-state index contributed by atoms with van der Waals surface area (Å²) in [4.78, 5) is 24.6. The Balaban J connectivity index is 1.39. The zero-order chi connectivity index (χ0) is 35.7. The van der Waals surface area contributed by atoms with Gasteiger partial charge in [-0.25, -0.2) is 0 Å². The monoisotopic (exact) mass is 798 g/mol. The van der Waals surface area contributed by atoms with E-state index in [2.05, 4.69) is 138 Å². The molecule has 4 aromatic carbocycles. The molecule has 2 nitrogen and oxygen atoms in total. The Hall–Kier alpha value is -2.82. The molecule has 0 spiro atoms. The van der Waals surface area contributed by atoms with Crippen LogP contribution >= 0.6 is 31.9 Å². The van der Waals surface area contributed by atoms with Crippen molar-refractivity contribution in [2.24, 2.45) is 5.92 Å². The molecule has 4 rings (SSSR count). The second-order valence-corrected chi connectivity index (χ2v) is 15.3. The molecule has 266 valence electrons.